The van der Waals surface area contributed by atoms with Crippen molar-refractivity contribution in [3.8, 4) is 5.75 Å². The maximum Gasteiger partial charge on any atom is 0.123 e. The zero-order chi connectivity index (χ0) is 11.5. The van der Waals surface area contributed by atoms with Crippen molar-refractivity contribution in [3.63, 3.8) is 0 Å². The Bertz CT molecular complexity index is 367. The van der Waals surface area contributed by atoms with Gasteiger partial charge in [0.2, 0.25) is 0 Å². The average molecular weight is 223 g/mol. The predicted molar refractivity (Wildman–Crippen MR) is 62.1 cm³/mol. The Morgan fingerprint density at radius 1 is 1.50 bits per heavy atom. The molecule has 2 atom stereocenters. The van der Waals surface area contributed by atoms with Crippen molar-refractivity contribution in [2.24, 2.45) is 11.7 Å². The van der Waals surface area contributed by atoms with Gasteiger partial charge in [-0.25, -0.2) is 4.39 Å². The Morgan fingerprint density at radius 3 is 2.94 bits per heavy atom. The molecule has 16 heavy (non-hydrogen) atoms. The van der Waals surface area contributed by atoms with Crippen molar-refractivity contribution in [2.45, 2.75) is 25.7 Å². The summed E-state index contributed by atoms with van der Waals surface area (Å²) in [4.78, 5) is 0. The molecule has 2 nitrogen and oxygen atoms in total. The molecule has 1 aliphatic carbocycles. The molecule has 1 aliphatic rings. The highest BCUT2D eigenvalue weighted by Crippen LogP contribution is 2.49. The molecule has 0 unspecified atom stereocenters. The normalized spacial score (nSPS) is 23.2. The minimum Gasteiger partial charge on any atom is -0.493 e. The Hall–Kier alpha value is -1.09. The summed E-state index contributed by atoms with van der Waals surface area (Å²) in [5.41, 5.74) is 6.60. The van der Waals surface area contributed by atoms with Crippen LogP contribution in [0.3, 0.4) is 0 Å². The van der Waals surface area contributed by atoms with Crippen molar-refractivity contribution in [1.82, 2.24) is 0 Å². The number of ether oxygens (including phenoxy) is 1. The van der Waals surface area contributed by atoms with Gasteiger partial charge in [0.25, 0.3) is 0 Å². The van der Waals surface area contributed by atoms with Gasteiger partial charge >= 0.3 is 0 Å². The van der Waals surface area contributed by atoms with Gasteiger partial charge in [0.1, 0.15) is 11.6 Å². The molecule has 1 aromatic rings. The van der Waals surface area contributed by atoms with Crippen LogP contribution in [0.4, 0.5) is 4.39 Å². The molecule has 0 aliphatic heterocycles. The first kappa shape index (κ1) is 11.4. The van der Waals surface area contributed by atoms with E-state index < -0.39 is 0 Å². The van der Waals surface area contributed by atoms with Gasteiger partial charge < -0.3 is 10.5 Å². The summed E-state index contributed by atoms with van der Waals surface area (Å²) in [6.45, 7) is 3.41. The third-order valence-corrected chi connectivity index (χ3v) is 3.06. The summed E-state index contributed by atoms with van der Waals surface area (Å²) in [7, 11) is 0. The summed E-state index contributed by atoms with van der Waals surface area (Å²) in [5.74, 6) is 1.53. The van der Waals surface area contributed by atoms with Crippen LogP contribution in [0, 0.1) is 11.7 Å². The molecule has 2 rings (SSSR count). The third kappa shape index (κ3) is 2.35. The predicted octanol–water partition coefficient (Wildman–Crippen LogP) is 2.68. The molecule has 1 saturated carbocycles. The Labute approximate surface area is 95.6 Å². The van der Waals surface area contributed by atoms with E-state index in [1.807, 2.05) is 0 Å². The molecule has 1 aromatic carbocycles. The minimum absolute atomic E-state index is 0.193. The Kier molecular flexibility index (Phi) is 3.44. The van der Waals surface area contributed by atoms with Crippen molar-refractivity contribution in [2.75, 3.05) is 13.2 Å². The summed E-state index contributed by atoms with van der Waals surface area (Å²) < 4.78 is 18.8. The largest absolute Gasteiger partial charge is 0.493 e. The standard InChI is InChI=1S/C13H18FNO/c1-2-5-16-13-4-3-10(14)7-12(13)11-6-9(11)8-15/h3-4,7,9,11H,2,5-6,8,15H2,1H3/t9-,11+/m0/s1. The molecule has 0 aromatic heterocycles. The lowest BCUT2D eigenvalue weighted by Gasteiger charge is -2.10. The second kappa shape index (κ2) is 4.83. The van der Waals surface area contributed by atoms with Crippen LogP contribution >= 0.6 is 0 Å². The van der Waals surface area contributed by atoms with Crippen LogP contribution in [0.5, 0.6) is 5.75 Å². The first-order chi connectivity index (χ1) is 7.76. The molecule has 0 amide bonds. The van der Waals surface area contributed by atoms with Crippen molar-refractivity contribution < 1.29 is 9.13 Å². The minimum atomic E-state index is -0.193. The van der Waals surface area contributed by atoms with E-state index in [-0.39, 0.29) is 5.82 Å². The number of rotatable bonds is 5. The highest BCUT2D eigenvalue weighted by molar-refractivity contribution is 5.40. The lowest BCUT2D eigenvalue weighted by molar-refractivity contribution is 0.313. The zero-order valence-corrected chi connectivity index (χ0v) is 9.58. The van der Waals surface area contributed by atoms with E-state index in [0.29, 0.717) is 25.0 Å². The molecule has 1 fully saturated rings. The fourth-order valence-electron chi connectivity index (χ4n) is 2.04. The molecule has 2 N–H and O–H groups in total. The Balaban J connectivity index is 2.16. The third-order valence-electron chi connectivity index (χ3n) is 3.06. The van der Waals surface area contributed by atoms with E-state index >= 15 is 0 Å². The molecular formula is C13H18FNO. The molecule has 3 heteroatoms. The lowest BCUT2D eigenvalue weighted by atomic mass is 10.1. The topological polar surface area (TPSA) is 35.2 Å². The van der Waals surface area contributed by atoms with Crippen molar-refractivity contribution in [1.29, 1.82) is 0 Å². The summed E-state index contributed by atoms with van der Waals surface area (Å²) in [6.07, 6.45) is 2.02. The first-order valence-electron chi connectivity index (χ1n) is 5.88. The number of nitrogens with two attached hydrogens (primary N) is 1. The second-order valence-electron chi connectivity index (χ2n) is 4.37. The monoisotopic (exact) mass is 223 g/mol. The molecule has 0 bridgehead atoms. The van der Waals surface area contributed by atoms with E-state index in [1.54, 1.807) is 12.1 Å². The number of hydrogen-bond donors (Lipinski definition) is 1. The second-order valence-corrected chi connectivity index (χ2v) is 4.37. The maximum absolute atomic E-state index is 13.2. The SMILES string of the molecule is CCCOc1ccc(F)cc1[C@@H]1C[C@H]1CN. The van der Waals surface area contributed by atoms with Crippen molar-refractivity contribution >= 4 is 0 Å². The van der Waals surface area contributed by atoms with Crippen molar-refractivity contribution in [3.05, 3.63) is 29.6 Å². The summed E-state index contributed by atoms with van der Waals surface area (Å²) in [5, 5.41) is 0. The van der Waals surface area contributed by atoms with E-state index in [0.717, 1.165) is 24.2 Å². The van der Waals surface area contributed by atoms with Crippen LogP contribution < -0.4 is 10.5 Å². The van der Waals surface area contributed by atoms with Gasteiger partial charge in [-0.1, -0.05) is 6.92 Å². The van der Waals surface area contributed by atoms with Crippen LogP contribution in [0.2, 0.25) is 0 Å². The highest BCUT2D eigenvalue weighted by atomic mass is 19.1. The van der Waals surface area contributed by atoms with Gasteiger partial charge in [0.15, 0.2) is 0 Å². The van der Waals surface area contributed by atoms with E-state index in [9.17, 15) is 4.39 Å². The van der Waals surface area contributed by atoms with Crippen LogP contribution in [-0.4, -0.2) is 13.2 Å². The molecular weight excluding hydrogens is 205 g/mol. The smallest absolute Gasteiger partial charge is 0.123 e. The zero-order valence-electron chi connectivity index (χ0n) is 9.58. The van der Waals surface area contributed by atoms with Gasteiger partial charge in [-0.3, -0.25) is 0 Å². The quantitative estimate of drug-likeness (QED) is 0.833. The van der Waals surface area contributed by atoms with E-state index in [2.05, 4.69) is 6.92 Å². The average Bonchev–Trinajstić information content (AvgIpc) is 3.06. The van der Waals surface area contributed by atoms with Gasteiger partial charge in [0.05, 0.1) is 6.61 Å². The van der Waals surface area contributed by atoms with Crippen LogP contribution in [-0.2, 0) is 0 Å². The fraction of sp³-hybridized carbons (Fsp3) is 0.538. The fourth-order valence-corrected chi connectivity index (χ4v) is 2.04. The molecule has 88 valence electrons. The van der Waals surface area contributed by atoms with Crippen LogP contribution in [0.25, 0.3) is 0 Å². The van der Waals surface area contributed by atoms with Gasteiger partial charge in [-0.15, -0.1) is 0 Å². The van der Waals surface area contributed by atoms with E-state index in [4.69, 9.17) is 10.5 Å². The van der Waals surface area contributed by atoms with Gasteiger partial charge in [-0.2, -0.15) is 0 Å². The van der Waals surface area contributed by atoms with Gasteiger partial charge in [-0.05, 0) is 49.4 Å². The number of benzene rings is 1. The highest BCUT2D eigenvalue weighted by Gasteiger charge is 2.38. The first-order valence-corrected chi connectivity index (χ1v) is 5.88. The van der Waals surface area contributed by atoms with Gasteiger partial charge in [0, 0.05) is 5.56 Å². The molecule has 0 heterocycles. The van der Waals surface area contributed by atoms with E-state index in [1.165, 1.54) is 6.07 Å². The number of hydrogen-bond acceptors (Lipinski definition) is 2. The maximum atomic E-state index is 13.2. The summed E-state index contributed by atoms with van der Waals surface area (Å²) >= 11 is 0. The molecule has 0 radical (unpaired) electrons. The number of halogens is 1. The molecule has 0 spiro atoms. The summed E-state index contributed by atoms with van der Waals surface area (Å²) in [6, 6.07) is 4.77. The van der Waals surface area contributed by atoms with Crippen LogP contribution in [0.15, 0.2) is 18.2 Å². The lowest BCUT2D eigenvalue weighted by Crippen LogP contribution is -2.04. The molecule has 0 saturated heterocycles. The Morgan fingerprint density at radius 2 is 2.31 bits per heavy atom. The van der Waals surface area contributed by atoms with Crippen LogP contribution in [0.1, 0.15) is 31.2 Å².